The van der Waals surface area contributed by atoms with Crippen LogP contribution in [0.4, 0.5) is 0 Å². The van der Waals surface area contributed by atoms with Crippen LogP contribution < -0.4 is 4.74 Å². The monoisotopic (exact) mass is 482 g/mol. The largest absolute Gasteiger partial charge is 0.507 e. The third-order valence-electron chi connectivity index (χ3n) is 5.29. The van der Waals surface area contributed by atoms with E-state index in [1.807, 2.05) is 13.0 Å². The Morgan fingerprint density at radius 2 is 1.94 bits per heavy atom. The highest BCUT2D eigenvalue weighted by Gasteiger charge is 2.46. The lowest BCUT2D eigenvalue weighted by Crippen LogP contribution is -2.29. The van der Waals surface area contributed by atoms with Gasteiger partial charge < -0.3 is 14.7 Å². The van der Waals surface area contributed by atoms with E-state index in [0.29, 0.717) is 28.5 Å². The van der Waals surface area contributed by atoms with Crippen LogP contribution >= 0.6 is 23.2 Å². The van der Waals surface area contributed by atoms with E-state index in [4.69, 9.17) is 27.9 Å². The van der Waals surface area contributed by atoms with Gasteiger partial charge in [-0.25, -0.2) is 0 Å². The van der Waals surface area contributed by atoms with Crippen LogP contribution in [0, 0.1) is 0 Å². The summed E-state index contributed by atoms with van der Waals surface area (Å²) in [5.74, 6) is -1.37. The molecule has 1 aliphatic heterocycles. The molecule has 0 saturated carbocycles. The third kappa shape index (κ3) is 4.58. The number of halogens is 2. The van der Waals surface area contributed by atoms with Gasteiger partial charge in [0.25, 0.3) is 11.7 Å². The number of nitrogens with zero attached hydrogens (tertiary/aromatic N) is 2. The zero-order valence-corrected chi connectivity index (χ0v) is 19.2. The lowest BCUT2D eigenvalue weighted by atomic mass is 9.95. The number of likely N-dealkylation sites (tertiary alicyclic amines) is 1. The second-order valence-electron chi connectivity index (χ2n) is 7.42. The van der Waals surface area contributed by atoms with Crippen LogP contribution in [0.1, 0.15) is 29.7 Å². The Kier molecular flexibility index (Phi) is 6.67. The highest BCUT2D eigenvalue weighted by molar-refractivity contribution is 6.46. The molecule has 2 aromatic carbocycles. The van der Waals surface area contributed by atoms with E-state index in [0.717, 1.165) is 5.56 Å². The molecule has 0 aliphatic carbocycles. The van der Waals surface area contributed by atoms with Crippen molar-refractivity contribution in [1.82, 2.24) is 9.88 Å². The number of Topliss-reactive ketones (excluding diaryl/α,β-unsaturated/α-hetero) is 1. The number of rotatable bonds is 6. The zero-order valence-electron chi connectivity index (χ0n) is 17.7. The number of aromatic nitrogens is 1. The first-order chi connectivity index (χ1) is 15.9. The summed E-state index contributed by atoms with van der Waals surface area (Å²) in [5.41, 5.74) is 1.61. The quantitative estimate of drug-likeness (QED) is 0.288. The van der Waals surface area contributed by atoms with Gasteiger partial charge in [0, 0.05) is 29.5 Å². The molecule has 6 nitrogen and oxygen atoms in total. The molecule has 2 heterocycles. The maximum absolute atomic E-state index is 13.1. The number of amides is 1. The van der Waals surface area contributed by atoms with Crippen molar-refractivity contribution in [3.8, 4) is 5.75 Å². The Morgan fingerprint density at radius 1 is 1.12 bits per heavy atom. The van der Waals surface area contributed by atoms with Crippen molar-refractivity contribution in [2.24, 2.45) is 0 Å². The Balaban J connectivity index is 1.85. The molecular formula is C25H20Cl2N2O4. The lowest BCUT2D eigenvalue weighted by Gasteiger charge is -2.25. The van der Waals surface area contributed by atoms with Crippen molar-refractivity contribution in [2.45, 2.75) is 19.5 Å². The maximum Gasteiger partial charge on any atom is 0.295 e. The molecule has 1 amide bonds. The molecule has 4 rings (SSSR count). The maximum atomic E-state index is 13.1. The second-order valence-corrected chi connectivity index (χ2v) is 8.27. The van der Waals surface area contributed by atoms with Gasteiger partial charge in [-0.05, 0) is 54.4 Å². The summed E-state index contributed by atoms with van der Waals surface area (Å²) in [6, 6.07) is 14.3. The molecule has 3 aromatic rings. The van der Waals surface area contributed by atoms with Gasteiger partial charge in [0.1, 0.15) is 11.5 Å². The molecule has 1 fully saturated rings. The molecule has 33 heavy (non-hydrogen) atoms. The van der Waals surface area contributed by atoms with Gasteiger partial charge in [-0.3, -0.25) is 14.6 Å². The average Bonchev–Trinajstić information content (AvgIpc) is 3.05. The summed E-state index contributed by atoms with van der Waals surface area (Å²) in [6.07, 6.45) is 3.25. The molecule has 0 radical (unpaired) electrons. The Hall–Kier alpha value is -3.35. The number of aliphatic hydroxyl groups is 1. The summed E-state index contributed by atoms with van der Waals surface area (Å²) < 4.78 is 5.44. The molecule has 0 bridgehead atoms. The SMILES string of the molecule is CCOc1ccc(C(O)=C2C(=O)C(=O)N(Cc3cccnc3)[C@@H]2c2cccc(Cl)c2)cc1Cl. The van der Waals surface area contributed by atoms with Crippen LogP contribution in [0.15, 0.2) is 72.6 Å². The normalized spacial score (nSPS) is 17.4. The van der Waals surface area contributed by atoms with Crippen LogP contribution in [-0.2, 0) is 16.1 Å². The smallest absolute Gasteiger partial charge is 0.295 e. The molecular weight excluding hydrogens is 463 g/mol. The van der Waals surface area contributed by atoms with Gasteiger partial charge in [-0.2, -0.15) is 0 Å². The van der Waals surface area contributed by atoms with Gasteiger partial charge >= 0.3 is 0 Å². The number of benzene rings is 2. The Bertz CT molecular complexity index is 1240. The standard InChI is InChI=1S/C25H20Cl2N2O4/c1-2-33-20-9-8-17(12-19(20)27)23(30)21-22(16-6-3-7-18(26)11-16)29(25(32)24(21)31)14-15-5-4-10-28-13-15/h3-13,22,30H,2,14H2,1H3/t22-/m1/s1. The molecule has 0 spiro atoms. The molecule has 1 atom stereocenters. The van der Waals surface area contributed by atoms with E-state index in [1.165, 1.54) is 11.0 Å². The van der Waals surface area contributed by atoms with E-state index in [9.17, 15) is 14.7 Å². The Morgan fingerprint density at radius 3 is 2.61 bits per heavy atom. The fraction of sp³-hybridized carbons (Fsp3) is 0.160. The zero-order chi connectivity index (χ0) is 23.5. The fourth-order valence-corrected chi connectivity index (χ4v) is 4.26. The first-order valence-corrected chi connectivity index (χ1v) is 11.0. The number of carbonyl (C=O) groups is 2. The highest BCUT2D eigenvalue weighted by atomic mass is 35.5. The Labute approximate surface area is 201 Å². The van der Waals surface area contributed by atoms with Gasteiger partial charge in [-0.15, -0.1) is 0 Å². The van der Waals surface area contributed by atoms with Crippen molar-refractivity contribution >= 4 is 40.7 Å². The molecule has 1 saturated heterocycles. The van der Waals surface area contributed by atoms with E-state index in [1.54, 1.807) is 54.9 Å². The first kappa shape index (κ1) is 22.8. The van der Waals surface area contributed by atoms with Crippen LogP contribution in [0.5, 0.6) is 5.75 Å². The molecule has 168 valence electrons. The van der Waals surface area contributed by atoms with E-state index in [-0.39, 0.29) is 22.9 Å². The lowest BCUT2D eigenvalue weighted by molar-refractivity contribution is -0.140. The number of aliphatic hydroxyl groups excluding tert-OH is 1. The van der Waals surface area contributed by atoms with E-state index >= 15 is 0 Å². The van der Waals surface area contributed by atoms with Gasteiger partial charge in [0.15, 0.2) is 0 Å². The van der Waals surface area contributed by atoms with Gasteiger partial charge in [0.2, 0.25) is 0 Å². The fourth-order valence-electron chi connectivity index (χ4n) is 3.83. The van der Waals surface area contributed by atoms with Crippen molar-refractivity contribution in [1.29, 1.82) is 0 Å². The molecule has 1 aliphatic rings. The van der Waals surface area contributed by atoms with Crippen molar-refractivity contribution in [2.75, 3.05) is 6.61 Å². The molecule has 1 N–H and O–H groups in total. The van der Waals surface area contributed by atoms with Gasteiger partial charge in [-0.1, -0.05) is 41.4 Å². The summed E-state index contributed by atoms with van der Waals surface area (Å²) in [7, 11) is 0. The second kappa shape index (κ2) is 9.65. The molecule has 0 unspecified atom stereocenters. The number of hydrogen-bond acceptors (Lipinski definition) is 5. The van der Waals surface area contributed by atoms with Gasteiger partial charge in [0.05, 0.1) is 23.2 Å². The number of ketones is 1. The average molecular weight is 483 g/mol. The predicted octanol–water partition coefficient (Wildman–Crippen LogP) is 5.41. The van der Waals surface area contributed by atoms with Crippen molar-refractivity contribution in [3.05, 3.63) is 99.3 Å². The minimum atomic E-state index is -0.839. The summed E-state index contributed by atoms with van der Waals surface area (Å²) in [4.78, 5) is 31.7. The van der Waals surface area contributed by atoms with Crippen LogP contribution in [-0.4, -0.2) is 33.3 Å². The highest BCUT2D eigenvalue weighted by Crippen LogP contribution is 2.41. The summed E-state index contributed by atoms with van der Waals surface area (Å²) in [5, 5.41) is 11.9. The summed E-state index contributed by atoms with van der Waals surface area (Å²) >= 11 is 12.5. The first-order valence-electron chi connectivity index (χ1n) is 10.3. The van der Waals surface area contributed by atoms with Crippen LogP contribution in [0.2, 0.25) is 10.0 Å². The minimum Gasteiger partial charge on any atom is -0.507 e. The molecule has 8 heteroatoms. The summed E-state index contributed by atoms with van der Waals surface area (Å²) in [6.45, 7) is 2.40. The van der Waals surface area contributed by atoms with E-state index in [2.05, 4.69) is 4.98 Å². The predicted molar refractivity (Wildman–Crippen MR) is 126 cm³/mol. The number of pyridine rings is 1. The van der Waals surface area contributed by atoms with Crippen molar-refractivity contribution in [3.63, 3.8) is 0 Å². The van der Waals surface area contributed by atoms with Crippen LogP contribution in [0.3, 0.4) is 0 Å². The number of ether oxygens (including phenoxy) is 1. The number of hydrogen-bond donors (Lipinski definition) is 1. The minimum absolute atomic E-state index is 0.0358. The van der Waals surface area contributed by atoms with E-state index < -0.39 is 17.7 Å². The molecule has 1 aromatic heterocycles. The van der Waals surface area contributed by atoms with Crippen LogP contribution in [0.25, 0.3) is 5.76 Å². The number of carbonyl (C=O) groups excluding carboxylic acids is 2. The van der Waals surface area contributed by atoms with Crippen molar-refractivity contribution < 1.29 is 19.4 Å². The third-order valence-corrected chi connectivity index (χ3v) is 5.82. The topological polar surface area (TPSA) is 79.7 Å².